The van der Waals surface area contributed by atoms with Gasteiger partial charge in [-0.15, -0.1) is 0 Å². The number of aliphatic imine (C=N–C) groups is 1. The molecule has 1 amide bonds. The molecule has 2 heterocycles. The summed E-state index contributed by atoms with van der Waals surface area (Å²) in [6.07, 6.45) is 0.447. The molecule has 1 saturated heterocycles. The number of amides is 1. The molecule has 0 saturated carbocycles. The van der Waals surface area contributed by atoms with Crippen molar-refractivity contribution in [1.82, 2.24) is 4.90 Å². The number of ether oxygens (including phenoxy) is 1. The van der Waals surface area contributed by atoms with E-state index in [0.717, 1.165) is 5.56 Å². The molecule has 3 rings (SSSR count). The number of fused-ring (bicyclic) bond motifs is 1. The molecule has 2 aliphatic rings. The summed E-state index contributed by atoms with van der Waals surface area (Å²) in [6.45, 7) is 7.35. The number of halogens is 1. The number of carbonyl (C=O) groups is 2. The first-order valence-electron chi connectivity index (χ1n) is 8.59. The van der Waals surface area contributed by atoms with E-state index in [0.29, 0.717) is 27.9 Å². The third kappa shape index (κ3) is 3.40. The van der Waals surface area contributed by atoms with Crippen molar-refractivity contribution in [3.63, 3.8) is 0 Å². The van der Waals surface area contributed by atoms with Gasteiger partial charge in [0.2, 0.25) is 5.91 Å². The number of thioether (sulfide) groups is 1. The average molecular weight is 393 g/mol. The number of allylic oxidation sites excluding steroid dienone is 1. The molecule has 0 spiro atoms. The van der Waals surface area contributed by atoms with Crippen molar-refractivity contribution in [3.8, 4) is 0 Å². The Balaban J connectivity index is 2.12. The minimum Gasteiger partial charge on any atom is -0.459 e. The summed E-state index contributed by atoms with van der Waals surface area (Å²) < 4.78 is 5.44. The van der Waals surface area contributed by atoms with Crippen LogP contribution in [0.3, 0.4) is 0 Å². The zero-order valence-electron chi connectivity index (χ0n) is 15.2. The molecule has 1 aromatic carbocycles. The fraction of sp³-hybridized carbons (Fsp3) is 0.421. The zero-order valence-corrected chi connectivity index (χ0v) is 16.7. The summed E-state index contributed by atoms with van der Waals surface area (Å²) >= 11 is 7.47. The first kappa shape index (κ1) is 19.0. The summed E-state index contributed by atoms with van der Waals surface area (Å²) in [4.78, 5) is 31.9. The Kier molecular flexibility index (Phi) is 5.44. The van der Waals surface area contributed by atoms with E-state index in [4.69, 9.17) is 16.3 Å². The van der Waals surface area contributed by atoms with Gasteiger partial charge in [0.15, 0.2) is 5.17 Å². The highest BCUT2D eigenvalue weighted by Gasteiger charge is 2.47. The predicted octanol–water partition coefficient (Wildman–Crippen LogP) is 4.33. The van der Waals surface area contributed by atoms with Crippen LogP contribution in [0.2, 0.25) is 5.02 Å². The summed E-state index contributed by atoms with van der Waals surface area (Å²) in [7, 11) is 0. The molecule has 0 N–H and O–H groups in total. The second-order valence-corrected chi connectivity index (χ2v) is 8.13. The largest absolute Gasteiger partial charge is 0.459 e. The van der Waals surface area contributed by atoms with Gasteiger partial charge in [-0.3, -0.25) is 9.69 Å². The fourth-order valence-electron chi connectivity index (χ4n) is 3.09. The van der Waals surface area contributed by atoms with Crippen molar-refractivity contribution in [2.75, 3.05) is 0 Å². The van der Waals surface area contributed by atoms with Crippen LogP contribution in [-0.4, -0.2) is 33.3 Å². The van der Waals surface area contributed by atoms with Gasteiger partial charge in [-0.1, -0.05) is 42.4 Å². The molecular formula is C19H21ClN2O3S. The lowest BCUT2D eigenvalue weighted by atomic mass is 9.94. The number of hydrogen-bond donors (Lipinski definition) is 0. The van der Waals surface area contributed by atoms with Gasteiger partial charge >= 0.3 is 5.97 Å². The van der Waals surface area contributed by atoms with Crippen LogP contribution in [0, 0.1) is 0 Å². The molecule has 0 aliphatic carbocycles. The number of benzene rings is 1. The molecular weight excluding hydrogens is 372 g/mol. The maximum atomic E-state index is 12.9. The van der Waals surface area contributed by atoms with E-state index < -0.39 is 12.0 Å². The highest BCUT2D eigenvalue weighted by molar-refractivity contribution is 8.15. The van der Waals surface area contributed by atoms with Gasteiger partial charge in [0, 0.05) is 5.02 Å². The molecule has 0 bridgehead atoms. The van der Waals surface area contributed by atoms with Crippen LogP contribution in [0.1, 0.15) is 45.7 Å². The quantitative estimate of drug-likeness (QED) is 0.715. The van der Waals surface area contributed by atoms with Gasteiger partial charge in [-0.05, 0) is 44.9 Å². The molecule has 0 aromatic heterocycles. The predicted molar refractivity (Wildman–Crippen MR) is 104 cm³/mol. The molecule has 138 valence electrons. The van der Waals surface area contributed by atoms with Gasteiger partial charge in [0.05, 0.1) is 28.7 Å². The Morgan fingerprint density at radius 3 is 2.58 bits per heavy atom. The summed E-state index contributed by atoms with van der Waals surface area (Å²) in [6, 6.07) is 6.64. The Morgan fingerprint density at radius 2 is 2.00 bits per heavy atom. The summed E-state index contributed by atoms with van der Waals surface area (Å²) in [5, 5.41) is 1.05. The Bertz CT molecular complexity index is 802. The van der Waals surface area contributed by atoms with Crippen LogP contribution in [0.25, 0.3) is 0 Å². The van der Waals surface area contributed by atoms with E-state index in [2.05, 4.69) is 4.99 Å². The smallest absolute Gasteiger partial charge is 0.338 e. The fourth-order valence-corrected chi connectivity index (χ4v) is 4.35. The number of amidine groups is 1. The second-order valence-electron chi connectivity index (χ2n) is 6.52. The van der Waals surface area contributed by atoms with E-state index in [-0.39, 0.29) is 17.3 Å². The maximum absolute atomic E-state index is 12.9. The standard InChI is InChI=1S/C19H21ClN2O3S/c1-5-14-17(23)22-16(12-6-8-13(20)9-7-12)15(18(24)25-10(2)3)11(4)21-19(22)26-14/h6-10,14,16H,5H2,1-4H3/t14-,16+/m0/s1. The molecule has 1 aromatic rings. The Labute approximate surface area is 162 Å². The van der Waals surface area contributed by atoms with Crippen LogP contribution in [-0.2, 0) is 14.3 Å². The second kappa shape index (κ2) is 7.45. The summed E-state index contributed by atoms with van der Waals surface area (Å²) in [5.41, 5.74) is 1.79. The molecule has 0 radical (unpaired) electrons. The molecule has 0 unspecified atom stereocenters. The molecule has 2 atom stereocenters. The molecule has 2 aliphatic heterocycles. The van der Waals surface area contributed by atoms with Gasteiger partial charge in [0.1, 0.15) is 0 Å². The van der Waals surface area contributed by atoms with Crippen LogP contribution >= 0.6 is 23.4 Å². The van der Waals surface area contributed by atoms with Crippen LogP contribution in [0.15, 0.2) is 40.5 Å². The van der Waals surface area contributed by atoms with Gasteiger partial charge in [-0.25, -0.2) is 9.79 Å². The average Bonchev–Trinajstić information content (AvgIpc) is 2.89. The Morgan fingerprint density at radius 1 is 1.35 bits per heavy atom. The number of carbonyl (C=O) groups excluding carboxylic acids is 2. The molecule has 1 fully saturated rings. The van der Waals surface area contributed by atoms with Crippen molar-refractivity contribution >= 4 is 40.4 Å². The summed E-state index contributed by atoms with van der Waals surface area (Å²) in [5.74, 6) is -0.475. The van der Waals surface area contributed by atoms with E-state index >= 15 is 0 Å². The first-order chi connectivity index (χ1) is 12.3. The van der Waals surface area contributed by atoms with Crippen LogP contribution < -0.4 is 0 Å². The number of esters is 1. The lowest BCUT2D eigenvalue weighted by Gasteiger charge is -2.33. The number of nitrogens with zero attached hydrogens (tertiary/aromatic N) is 2. The van der Waals surface area contributed by atoms with Crippen molar-refractivity contribution < 1.29 is 14.3 Å². The molecule has 26 heavy (non-hydrogen) atoms. The van der Waals surface area contributed by atoms with Crippen molar-refractivity contribution in [1.29, 1.82) is 0 Å². The highest BCUT2D eigenvalue weighted by atomic mass is 35.5. The maximum Gasteiger partial charge on any atom is 0.338 e. The normalized spacial score (nSPS) is 22.6. The molecule has 5 nitrogen and oxygen atoms in total. The van der Waals surface area contributed by atoms with Crippen molar-refractivity contribution in [3.05, 3.63) is 46.1 Å². The van der Waals surface area contributed by atoms with E-state index in [1.165, 1.54) is 11.8 Å². The highest BCUT2D eigenvalue weighted by Crippen LogP contribution is 2.44. The van der Waals surface area contributed by atoms with E-state index in [1.807, 2.05) is 19.1 Å². The van der Waals surface area contributed by atoms with Crippen molar-refractivity contribution in [2.24, 2.45) is 4.99 Å². The monoisotopic (exact) mass is 392 g/mol. The van der Waals surface area contributed by atoms with Crippen molar-refractivity contribution in [2.45, 2.75) is 51.5 Å². The minimum atomic E-state index is -0.553. The lowest BCUT2D eigenvalue weighted by Crippen LogP contribution is -2.41. The van der Waals surface area contributed by atoms with Gasteiger partial charge in [0.25, 0.3) is 0 Å². The number of hydrogen-bond acceptors (Lipinski definition) is 5. The lowest BCUT2D eigenvalue weighted by molar-refractivity contribution is -0.143. The third-order valence-electron chi connectivity index (χ3n) is 4.27. The topological polar surface area (TPSA) is 59.0 Å². The van der Waals surface area contributed by atoms with Gasteiger partial charge in [-0.2, -0.15) is 0 Å². The van der Waals surface area contributed by atoms with E-state index in [9.17, 15) is 9.59 Å². The number of rotatable bonds is 4. The SMILES string of the molecule is CC[C@@H]1SC2=NC(C)=C(C(=O)OC(C)C)[C@@H](c3ccc(Cl)cc3)N2C1=O. The first-order valence-corrected chi connectivity index (χ1v) is 9.84. The van der Waals surface area contributed by atoms with Crippen LogP contribution in [0.5, 0.6) is 0 Å². The Hall–Kier alpha value is -1.79. The third-order valence-corrected chi connectivity index (χ3v) is 5.84. The minimum absolute atomic E-state index is 0.0291. The zero-order chi connectivity index (χ0) is 19.0. The van der Waals surface area contributed by atoms with Crippen LogP contribution in [0.4, 0.5) is 0 Å². The van der Waals surface area contributed by atoms with Gasteiger partial charge < -0.3 is 4.74 Å². The molecule has 7 heteroatoms. The van der Waals surface area contributed by atoms with E-state index in [1.54, 1.807) is 37.8 Å².